The quantitative estimate of drug-likeness (QED) is 0.643. The second kappa shape index (κ2) is 8.17. The van der Waals surface area contributed by atoms with E-state index in [0.717, 1.165) is 24.0 Å². The van der Waals surface area contributed by atoms with Crippen LogP contribution in [-0.2, 0) is 16.1 Å². The number of nitrogens with two attached hydrogens (primary N) is 1. The third kappa shape index (κ3) is 4.11. The molecule has 4 amide bonds. The summed E-state index contributed by atoms with van der Waals surface area (Å²) in [5, 5.41) is 5.31. The zero-order valence-corrected chi connectivity index (χ0v) is 17.1. The van der Waals surface area contributed by atoms with Crippen molar-refractivity contribution in [3.63, 3.8) is 0 Å². The minimum Gasteiger partial charge on any atom is -0.366 e. The van der Waals surface area contributed by atoms with Crippen molar-refractivity contribution in [2.45, 2.75) is 32.4 Å². The van der Waals surface area contributed by atoms with E-state index in [1.165, 1.54) is 18.5 Å². The van der Waals surface area contributed by atoms with E-state index in [-0.39, 0.29) is 29.1 Å². The highest BCUT2D eigenvalue weighted by Gasteiger charge is 2.35. The molecule has 1 fully saturated rings. The zero-order chi connectivity index (χ0) is 22.1. The number of primary amides is 1. The van der Waals surface area contributed by atoms with E-state index in [1.807, 2.05) is 19.1 Å². The fraction of sp³-hybridized carbons (Fsp3) is 0.318. The molecule has 4 rings (SSSR count). The number of carbonyl (C=O) groups is 4. The van der Waals surface area contributed by atoms with E-state index in [2.05, 4.69) is 15.6 Å². The molecule has 1 aromatic carbocycles. The molecule has 2 atom stereocenters. The molecule has 1 saturated heterocycles. The van der Waals surface area contributed by atoms with Crippen LogP contribution in [0.25, 0.3) is 0 Å². The van der Waals surface area contributed by atoms with Crippen LogP contribution >= 0.6 is 0 Å². The van der Waals surface area contributed by atoms with Gasteiger partial charge in [-0.05, 0) is 42.0 Å². The number of nitrogens with one attached hydrogen (secondary N) is 2. The van der Waals surface area contributed by atoms with Crippen molar-refractivity contribution in [3.05, 3.63) is 58.9 Å². The summed E-state index contributed by atoms with van der Waals surface area (Å²) >= 11 is 0. The molecule has 0 unspecified atom stereocenters. The number of carbonyl (C=O) groups excluding carboxylic acids is 4. The first-order valence-electron chi connectivity index (χ1n) is 10.1. The molecular formula is C22H23N5O4. The molecule has 31 heavy (non-hydrogen) atoms. The summed E-state index contributed by atoms with van der Waals surface area (Å²) in [4.78, 5) is 54.4. The number of rotatable bonds is 3. The van der Waals surface area contributed by atoms with Crippen LogP contribution in [0, 0.1) is 5.92 Å². The van der Waals surface area contributed by atoms with Crippen molar-refractivity contribution in [2.24, 2.45) is 11.7 Å². The van der Waals surface area contributed by atoms with Gasteiger partial charge >= 0.3 is 11.8 Å². The highest BCUT2D eigenvalue weighted by Crippen LogP contribution is 2.35. The molecule has 4 N–H and O–H groups in total. The number of hydrogen-bond acceptors (Lipinski definition) is 5. The van der Waals surface area contributed by atoms with Gasteiger partial charge in [0.15, 0.2) is 0 Å². The van der Waals surface area contributed by atoms with Gasteiger partial charge in [-0.25, -0.2) is 0 Å². The smallest absolute Gasteiger partial charge is 0.313 e. The predicted molar refractivity (Wildman–Crippen MR) is 112 cm³/mol. The molecule has 3 heterocycles. The van der Waals surface area contributed by atoms with E-state index in [0.29, 0.717) is 18.7 Å². The molecule has 0 aliphatic carbocycles. The third-order valence-corrected chi connectivity index (χ3v) is 5.75. The van der Waals surface area contributed by atoms with Gasteiger partial charge in [-0.15, -0.1) is 0 Å². The first-order chi connectivity index (χ1) is 14.8. The van der Waals surface area contributed by atoms with Gasteiger partial charge in [0.05, 0.1) is 23.5 Å². The largest absolute Gasteiger partial charge is 0.366 e. The summed E-state index contributed by atoms with van der Waals surface area (Å²) in [6.07, 6.45) is 4.28. The lowest BCUT2D eigenvalue weighted by Crippen LogP contribution is -2.46. The monoisotopic (exact) mass is 421 g/mol. The fourth-order valence-corrected chi connectivity index (χ4v) is 4.14. The van der Waals surface area contributed by atoms with Crippen LogP contribution in [-0.4, -0.2) is 40.1 Å². The highest BCUT2D eigenvalue weighted by molar-refractivity contribution is 6.39. The zero-order valence-electron chi connectivity index (χ0n) is 17.1. The van der Waals surface area contributed by atoms with Crippen LogP contribution < -0.4 is 16.4 Å². The van der Waals surface area contributed by atoms with Gasteiger partial charge in [0, 0.05) is 24.8 Å². The van der Waals surface area contributed by atoms with E-state index in [1.54, 1.807) is 11.0 Å². The van der Waals surface area contributed by atoms with Crippen LogP contribution in [0.5, 0.6) is 0 Å². The Labute approximate surface area is 179 Å². The van der Waals surface area contributed by atoms with Crippen molar-refractivity contribution in [1.82, 2.24) is 15.2 Å². The van der Waals surface area contributed by atoms with Gasteiger partial charge in [0.25, 0.3) is 5.91 Å². The topological polar surface area (TPSA) is 134 Å². The van der Waals surface area contributed by atoms with E-state index >= 15 is 0 Å². The number of piperidine rings is 1. The number of likely N-dealkylation sites (tertiary alicyclic amines) is 1. The van der Waals surface area contributed by atoms with Crippen molar-refractivity contribution in [2.75, 3.05) is 11.9 Å². The number of nitrogens with zero attached hydrogens (tertiary/aromatic N) is 2. The summed E-state index contributed by atoms with van der Waals surface area (Å²) in [7, 11) is 0. The average Bonchev–Trinajstić information content (AvgIpc) is 3.13. The Bertz CT molecular complexity index is 1080. The summed E-state index contributed by atoms with van der Waals surface area (Å²) < 4.78 is 0. The summed E-state index contributed by atoms with van der Waals surface area (Å²) in [6.45, 7) is 2.95. The maximum Gasteiger partial charge on any atom is 0.313 e. The van der Waals surface area contributed by atoms with Gasteiger partial charge < -0.3 is 21.3 Å². The van der Waals surface area contributed by atoms with Gasteiger partial charge in [-0.3, -0.25) is 24.2 Å². The number of aromatic nitrogens is 1. The number of fused-ring (bicyclic) bond motifs is 1. The number of hydrogen-bond donors (Lipinski definition) is 3. The standard InChI is InChI=1S/C22H23N5O4/c1-12-2-5-18(13-3-4-17-14(6-13)9-25-20(17)29)27(11-12)22(31)21(30)26-16-7-15(19(23)28)8-24-10-16/h3-4,6-8,10,12,18H,2,5,9,11H2,1H3,(H2,23,28)(H,25,29)(H,26,30)/t12-,18+/m1/s1. The SMILES string of the molecule is C[C@@H]1CC[C@@H](c2ccc3c(c2)CNC3=O)N(C(=O)C(=O)Nc2cncc(C(N)=O)c2)C1. The van der Waals surface area contributed by atoms with Gasteiger partial charge in [-0.1, -0.05) is 19.1 Å². The number of amides is 4. The lowest BCUT2D eigenvalue weighted by Gasteiger charge is -2.38. The van der Waals surface area contributed by atoms with Crippen molar-refractivity contribution in [1.29, 1.82) is 0 Å². The van der Waals surface area contributed by atoms with Gasteiger partial charge in [0.1, 0.15) is 0 Å². The first-order valence-corrected chi connectivity index (χ1v) is 10.1. The number of pyridine rings is 1. The third-order valence-electron chi connectivity index (χ3n) is 5.75. The summed E-state index contributed by atoms with van der Waals surface area (Å²) in [5.74, 6) is -1.98. The van der Waals surface area contributed by atoms with Crippen LogP contribution in [0.2, 0.25) is 0 Å². The molecule has 160 valence electrons. The number of benzene rings is 1. The Morgan fingerprint density at radius 3 is 2.77 bits per heavy atom. The molecule has 9 heteroatoms. The van der Waals surface area contributed by atoms with Crippen LogP contribution in [0.4, 0.5) is 5.69 Å². The fourth-order valence-electron chi connectivity index (χ4n) is 4.14. The molecule has 2 aliphatic heterocycles. The van der Waals surface area contributed by atoms with E-state index in [4.69, 9.17) is 5.73 Å². The van der Waals surface area contributed by atoms with E-state index in [9.17, 15) is 19.2 Å². The predicted octanol–water partition coefficient (Wildman–Crippen LogP) is 1.36. The normalized spacial score (nSPS) is 20.0. The van der Waals surface area contributed by atoms with Crippen LogP contribution in [0.3, 0.4) is 0 Å². The Balaban J connectivity index is 1.56. The highest BCUT2D eigenvalue weighted by atomic mass is 16.2. The van der Waals surface area contributed by atoms with E-state index < -0.39 is 17.7 Å². The Morgan fingerprint density at radius 2 is 2.00 bits per heavy atom. The molecule has 1 aromatic heterocycles. The minimum absolute atomic E-state index is 0.0991. The Kier molecular flexibility index (Phi) is 5.41. The van der Waals surface area contributed by atoms with Gasteiger partial charge in [0.2, 0.25) is 5.91 Å². The summed E-state index contributed by atoms with van der Waals surface area (Å²) in [6, 6.07) is 6.68. The van der Waals surface area contributed by atoms with Crippen LogP contribution in [0.1, 0.15) is 57.7 Å². The average molecular weight is 421 g/mol. The Morgan fingerprint density at radius 1 is 1.19 bits per heavy atom. The Hall–Kier alpha value is -3.75. The van der Waals surface area contributed by atoms with Crippen molar-refractivity contribution >= 4 is 29.3 Å². The molecule has 2 aromatic rings. The maximum atomic E-state index is 13.1. The maximum absolute atomic E-state index is 13.1. The number of anilines is 1. The van der Waals surface area contributed by atoms with Crippen molar-refractivity contribution < 1.29 is 19.2 Å². The molecule has 0 bridgehead atoms. The van der Waals surface area contributed by atoms with Crippen molar-refractivity contribution in [3.8, 4) is 0 Å². The van der Waals surface area contributed by atoms with Gasteiger partial charge in [-0.2, -0.15) is 0 Å². The molecule has 0 spiro atoms. The molecule has 0 radical (unpaired) electrons. The molecule has 0 saturated carbocycles. The lowest BCUT2D eigenvalue weighted by molar-refractivity contribution is -0.146. The first kappa shape index (κ1) is 20.5. The molecule has 2 aliphatic rings. The second-order valence-electron chi connectivity index (χ2n) is 8.04. The molecular weight excluding hydrogens is 398 g/mol. The minimum atomic E-state index is -0.805. The summed E-state index contributed by atoms with van der Waals surface area (Å²) in [5.41, 5.74) is 8.04. The van der Waals surface area contributed by atoms with Crippen LogP contribution in [0.15, 0.2) is 36.7 Å². The molecule has 9 nitrogen and oxygen atoms in total. The second-order valence-corrected chi connectivity index (χ2v) is 8.04. The lowest BCUT2D eigenvalue weighted by atomic mass is 9.88.